The second-order valence-corrected chi connectivity index (χ2v) is 5.25. The monoisotopic (exact) mass is 271 g/mol. The quantitative estimate of drug-likeness (QED) is 0.745. The Balaban J connectivity index is 3.13. The Kier molecular flexibility index (Phi) is 5.28. The fourth-order valence-corrected chi connectivity index (χ4v) is 3.12. The normalized spacial score (nSPS) is 11.6. The number of carbonyl (C=O) groups excluding carboxylic acids is 1. The fourth-order valence-electron chi connectivity index (χ4n) is 1.91. The molecule has 0 aliphatic carbocycles. The average Bonchev–Trinajstić information content (AvgIpc) is 2.75. The summed E-state index contributed by atoms with van der Waals surface area (Å²) in [6, 6.07) is 0. The molecule has 0 saturated carbocycles. The molecule has 0 bridgehead atoms. The number of ether oxygens (including phenoxy) is 2. The molecule has 0 fully saturated rings. The van der Waals surface area contributed by atoms with Gasteiger partial charge in [-0.25, -0.2) is 9.78 Å². The van der Waals surface area contributed by atoms with Crippen LogP contribution in [0.15, 0.2) is 0 Å². The van der Waals surface area contributed by atoms with E-state index >= 15 is 0 Å². The minimum atomic E-state index is -0.389. The van der Waals surface area contributed by atoms with E-state index in [1.807, 2.05) is 6.92 Å². The highest BCUT2D eigenvalue weighted by Crippen LogP contribution is 2.36. The molecule has 0 atom stereocenters. The first kappa shape index (κ1) is 15.1. The van der Waals surface area contributed by atoms with E-state index in [0.29, 0.717) is 12.3 Å². The van der Waals surface area contributed by atoms with E-state index in [1.54, 1.807) is 14.0 Å². The third kappa shape index (κ3) is 2.72. The first-order valence-electron chi connectivity index (χ1n) is 6.24. The van der Waals surface area contributed by atoms with Crippen molar-refractivity contribution in [2.45, 2.75) is 46.1 Å². The first-order chi connectivity index (χ1) is 8.54. The highest BCUT2D eigenvalue weighted by Gasteiger charge is 2.33. The number of esters is 1. The zero-order valence-corrected chi connectivity index (χ0v) is 12.5. The molecule has 0 saturated heterocycles. The van der Waals surface area contributed by atoms with Gasteiger partial charge in [-0.1, -0.05) is 13.8 Å². The maximum atomic E-state index is 11.8. The van der Waals surface area contributed by atoms with Gasteiger partial charge in [0.25, 0.3) is 0 Å². The number of nitrogens with zero attached hydrogens (tertiary/aromatic N) is 1. The lowest BCUT2D eigenvalue weighted by Gasteiger charge is -2.27. The van der Waals surface area contributed by atoms with Gasteiger partial charge in [0.05, 0.1) is 6.61 Å². The third-order valence-electron chi connectivity index (χ3n) is 3.19. The van der Waals surface area contributed by atoms with Crippen LogP contribution in [0, 0.1) is 6.92 Å². The zero-order chi connectivity index (χ0) is 13.8. The standard InChI is InChI=1S/C13H21NO3S/c1-6-13(7-2,16-5)12-14-10(9(4)18-12)11(15)17-8-3/h6-8H2,1-5H3. The van der Waals surface area contributed by atoms with Crippen molar-refractivity contribution < 1.29 is 14.3 Å². The number of thiazole rings is 1. The van der Waals surface area contributed by atoms with Gasteiger partial charge in [0.1, 0.15) is 10.6 Å². The molecule has 1 rings (SSSR count). The maximum absolute atomic E-state index is 11.8. The molecule has 4 nitrogen and oxygen atoms in total. The number of aryl methyl sites for hydroxylation is 1. The van der Waals surface area contributed by atoms with Crippen LogP contribution in [0.4, 0.5) is 0 Å². The molecule has 0 spiro atoms. The number of hydrogen-bond donors (Lipinski definition) is 0. The fraction of sp³-hybridized carbons (Fsp3) is 0.692. The predicted octanol–water partition coefficient (Wildman–Crippen LogP) is 3.29. The van der Waals surface area contributed by atoms with Crippen LogP contribution in [0.3, 0.4) is 0 Å². The molecular weight excluding hydrogens is 250 g/mol. The molecule has 0 unspecified atom stereocenters. The van der Waals surface area contributed by atoms with Crippen LogP contribution in [0.5, 0.6) is 0 Å². The Labute approximate surface area is 112 Å². The van der Waals surface area contributed by atoms with E-state index in [9.17, 15) is 4.79 Å². The molecule has 0 aliphatic heterocycles. The van der Waals surface area contributed by atoms with E-state index in [4.69, 9.17) is 9.47 Å². The van der Waals surface area contributed by atoms with Crippen molar-refractivity contribution in [2.75, 3.05) is 13.7 Å². The predicted molar refractivity (Wildman–Crippen MR) is 72.1 cm³/mol. The molecule has 102 valence electrons. The van der Waals surface area contributed by atoms with Gasteiger partial charge in [0.15, 0.2) is 5.69 Å². The lowest BCUT2D eigenvalue weighted by molar-refractivity contribution is -0.0220. The molecule has 0 radical (unpaired) electrons. The summed E-state index contributed by atoms with van der Waals surface area (Å²) in [4.78, 5) is 17.1. The van der Waals surface area contributed by atoms with Crippen molar-refractivity contribution in [3.05, 3.63) is 15.6 Å². The maximum Gasteiger partial charge on any atom is 0.358 e. The Morgan fingerprint density at radius 1 is 1.33 bits per heavy atom. The lowest BCUT2D eigenvalue weighted by Crippen LogP contribution is -2.26. The average molecular weight is 271 g/mol. The summed E-state index contributed by atoms with van der Waals surface area (Å²) < 4.78 is 10.6. The molecule has 0 aromatic carbocycles. The van der Waals surface area contributed by atoms with Crippen LogP contribution >= 0.6 is 11.3 Å². The van der Waals surface area contributed by atoms with Crippen LogP contribution in [-0.4, -0.2) is 24.7 Å². The van der Waals surface area contributed by atoms with E-state index in [0.717, 1.165) is 22.7 Å². The van der Waals surface area contributed by atoms with E-state index in [-0.39, 0.29) is 11.6 Å². The smallest absolute Gasteiger partial charge is 0.358 e. The molecule has 5 heteroatoms. The summed E-state index contributed by atoms with van der Waals surface area (Å²) in [5.74, 6) is -0.352. The number of methoxy groups -OCH3 is 1. The van der Waals surface area contributed by atoms with Gasteiger partial charge in [-0.3, -0.25) is 0 Å². The van der Waals surface area contributed by atoms with Gasteiger partial charge in [0, 0.05) is 12.0 Å². The largest absolute Gasteiger partial charge is 0.461 e. The second kappa shape index (κ2) is 6.29. The Morgan fingerprint density at radius 3 is 2.39 bits per heavy atom. The summed E-state index contributed by atoms with van der Waals surface area (Å²) in [5.41, 5.74) is 0.0281. The third-order valence-corrected chi connectivity index (χ3v) is 4.34. The highest BCUT2D eigenvalue weighted by atomic mass is 32.1. The molecule has 1 aromatic rings. The van der Waals surface area contributed by atoms with Crippen LogP contribution in [0.25, 0.3) is 0 Å². The van der Waals surface area contributed by atoms with Gasteiger partial charge in [-0.15, -0.1) is 11.3 Å². The van der Waals surface area contributed by atoms with Crippen LogP contribution < -0.4 is 0 Å². The molecule has 0 aliphatic rings. The zero-order valence-electron chi connectivity index (χ0n) is 11.7. The van der Waals surface area contributed by atoms with Crippen molar-refractivity contribution in [1.29, 1.82) is 0 Å². The summed E-state index contributed by atoms with van der Waals surface area (Å²) in [5, 5.41) is 0.857. The van der Waals surface area contributed by atoms with Gasteiger partial charge in [-0.2, -0.15) is 0 Å². The molecular formula is C13H21NO3S. The second-order valence-electron chi connectivity index (χ2n) is 4.05. The number of rotatable bonds is 6. The van der Waals surface area contributed by atoms with Gasteiger partial charge >= 0.3 is 5.97 Å². The summed E-state index contributed by atoms with van der Waals surface area (Å²) >= 11 is 1.51. The summed E-state index contributed by atoms with van der Waals surface area (Å²) in [6.07, 6.45) is 1.66. The summed E-state index contributed by atoms with van der Waals surface area (Å²) in [6.45, 7) is 8.17. The van der Waals surface area contributed by atoms with Crippen LogP contribution in [0.2, 0.25) is 0 Å². The van der Waals surface area contributed by atoms with Crippen molar-refractivity contribution in [2.24, 2.45) is 0 Å². The Bertz CT molecular complexity index is 402. The first-order valence-corrected chi connectivity index (χ1v) is 7.06. The van der Waals surface area contributed by atoms with Crippen molar-refractivity contribution >= 4 is 17.3 Å². The van der Waals surface area contributed by atoms with E-state index in [2.05, 4.69) is 18.8 Å². The number of aromatic nitrogens is 1. The van der Waals surface area contributed by atoms with E-state index in [1.165, 1.54) is 11.3 Å². The molecule has 1 heterocycles. The van der Waals surface area contributed by atoms with Crippen LogP contribution in [0.1, 0.15) is 54.0 Å². The Morgan fingerprint density at radius 2 is 1.94 bits per heavy atom. The molecule has 1 aromatic heterocycles. The molecule has 0 amide bonds. The minimum Gasteiger partial charge on any atom is -0.461 e. The molecule has 0 N–H and O–H groups in total. The van der Waals surface area contributed by atoms with E-state index < -0.39 is 0 Å². The number of carbonyl (C=O) groups is 1. The Hall–Kier alpha value is -0.940. The topological polar surface area (TPSA) is 48.4 Å². The van der Waals surface area contributed by atoms with Crippen molar-refractivity contribution in [3.8, 4) is 0 Å². The highest BCUT2D eigenvalue weighted by molar-refractivity contribution is 7.12. The number of hydrogen-bond acceptors (Lipinski definition) is 5. The lowest BCUT2D eigenvalue weighted by atomic mass is 9.98. The van der Waals surface area contributed by atoms with Gasteiger partial charge < -0.3 is 9.47 Å². The van der Waals surface area contributed by atoms with Gasteiger partial charge in [0.2, 0.25) is 0 Å². The van der Waals surface area contributed by atoms with Crippen molar-refractivity contribution in [3.63, 3.8) is 0 Å². The van der Waals surface area contributed by atoms with Crippen molar-refractivity contribution in [1.82, 2.24) is 4.98 Å². The van der Waals surface area contributed by atoms with Crippen LogP contribution in [-0.2, 0) is 15.1 Å². The summed E-state index contributed by atoms with van der Waals surface area (Å²) in [7, 11) is 1.69. The minimum absolute atomic E-state index is 0.352. The molecule has 18 heavy (non-hydrogen) atoms. The SMILES string of the molecule is CCOC(=O)c1nc(C(CC)(CC)OC)sc1C. The van der Waals surface area contributed by atoms with Gasteiger partial charge in [-0.05, 0) is 26.7 Å².